The molecule has 88 valence electrons. The Hall–Kier alpha value is -0.670. The molecule has 1 aromatic carbocycles. The minimum absolute atomic E-state index is 0.519. The standard InChI is InChI=1S/C13H19NOS/c1-10(16-2)7-14-8-11-9-15-13-6-4-3-5-12(11)13/h3-6,10-11,14H,7-9H2,1-2H3. The number of nitrogens with one attached hydrogen (secondary N) is 1. The quantitative estimate of drug-likeness (QED) is 0.850. The first-order chi connectivity index (χ1) is 7.81. The van der Waals surface area contributed by atoms with Crippen molar-refractivity contribution in [1.29, 1.82) is 0 Å². The van der Waals surface area contributed by atoms with Crippen LogP contribution in [0, 0.1) is 0 Å². The first-order valence-corrected chi connectivity index (χ1v) is 7.05. The second-order valence-electron chi connectivity index (χ2n) is 4.25. The maximum absolute atomic E-state index is 5.65. The van der Waals surface area contributed by atoms with Gasteiger partial charge in [0.25, 0.3) is 0 Å². The predicted octanol–water partition coefficient (Wildman–Crippen LogP) is 2.50. The molecule has 0 fully saturated rings. The Morgan fingerprint density at radius 3 is 3.12 bits per heavy atom. The Kier molecular flexibility index (Phi) is 4.13. The summed E-state index contributed by atoms with van der Waals surface area (Å²) in [4.78, 5) is 0. The number of para-hydroxylation sites is 1. The molecule has 2 rings (SSSR count). The summed E-state index contributed by atoms with van der Waals surface area (Å²) in [6, 6.07) is 8.35. The number of hydrogen-bond acceptors (Lipinski definition) is 3. The van der Waals surface area contributed by atoms with E-state index < -0.39 is 0 Å². The third kappa shape index (κ3) is 2.71. The highest BCUT2D eigenvalue weighted by molar-refractivity contribution is 7.99. The first kappa shape index (κ1) is 11.8. The maximum Gasteiger partial charge on any atom is 0.122 e. The number of hydrogen-bond donors (Lipinski definition) is 1. The van der Waals surface area contributed by atoms with Crippen LogP contribution in [0.1, 0.15) is 18.4 Å². The van der Waals surface area contributed by atoms with E-state index >= 15 is 0 Å². The van der Waals surface area contributed by atoms with Crippen LogP contribution in [0.5, 0.6) is 5.75 Å². The lowest BCUT2D eigenvalue weighted by Crippen LogP contribution is -2.28. The summed E-state index contributed by atoms with van der Waals surface area (Å²) in [5.41, 5.74) is 1.35. The van der Waals surface area contributed by atoms with Crippen molar-refractivity contribution in [3.8, 4) is 5.75 Å². The van der Waals surface area contributed by atoms with Crippen LogP contribution < -0.4 is 10.1 Å². The molecule has 2 nitrogen and oxygen atoms in total. The van der Waals surface area contributed by atoms with Gasteiger partial charge in [0.15, 0.2) is 0 Å². The monoisotopic (exact) mass is 237 g/mol. The van der Waals surface area contributed by atoms with Crippen LogP contribution >= 0.6 is 11.8 Å². The molecule has 1 N–H and O–H groups in total. The number of rotatable bonds is 5. The van der Waals surface area contributed by atoms with E-state index in [4.69, 9.17) is 4.74 Å². The van der Waals surface area contributed by atoms with Gasteiger partial charge in [-0.25, -0.2) is 0 Å². The number of thioether (sulfide) groups is 1. The summed E-state index contributed by atoms with van der Waals surface area (Å²) in [7, 11) is 0. The Balaban J connectivity index is 1.84. The normalized spacial score (nSPS) is 20.2. The summed E-state index contributed by atoms with van der Waals surface area (Å²) in [5.74, 6) is 1.58. The number of benzene rings is 1. The Labute approximate surface area is 102 Å². The van der Waals surface area contributed by atoms with Gasteiger partial charge in [0.1, 0.15) is 5.75 Å². The zero-order chi connectivity index (χ0) is 11.4. The van der Waals surface area contributed by atoms with E-state index in [9.17, 15) is 0 Å². The minimum atomic E-state index is 0.519. The molecule has 1 aliphatic rings. The van der Waals surface area contributed by atoms with Crippen LogP contribution in [0.2, 0.25) is 0 Å². The van der Waals surface area contributed by atoms with Gasteiger partial charge in [0.05, 0.1) is 6.61 Å². The lowest BCUT2D eigenvalue weighted by Gasteiger charge is -2.13. The molecule has 2 unspecified atom stereocenters. The topological polar surface area (TPSA) is 21.3 Å². The molecular weight excluding hydrogens is 218 g/mol. The summed E-state index contributed by atoms with van der Waals surface area (Å²) in [6.07, 6.45) is 2.15. The molecular formula is C13H19NOS. The Morgan fingerprint density at radius 2 is 2.31 bits per heavy atom. The van der Waals surface area contributed by atoms with Crippen molar-refractivity contribution in [3.63, 3.8) is 0 Å². The maximum atomic E-state index is 5.65. The molecule has 0 radical (unpaired) electrons. The number of ether oxygens (including phenoxy) is 1. The van der Waals surface area contributed by atoms with E-state index in [2.05, 4.69) is 36.7 Å². The Morgan fingerprint density at radius 1 is 1.50 bits per heavy atom. The van der Waals surface area contributed by atoms with Crippen LogP contribution in [0.25, 0.3) is 0 Å². The second-order valence-corrected chi connectivity index (χ2v) is 5.53. The molecule has 0 saturated carbocycles. The third-order valence-corrected chi connectivity index (χ3v) is 4.00. The zero-order valence-electron chi connectivity index (χ0n) is 9.90. The third-order valence-electron chi connectivity index (χ3n) is 3.02. The molecule has 0 saturated heterocycles. The molecule has 3 heteroatoms. The first-order valence-electron chi connectivity index (χ1n) is 5.76. The Bertz CT molecular complexity index is 342. The summed E-state index contributed by atoms with van der Waals surface area (Å²) in [5, 5.41) is 4.20. The van der Waals surface area contributed by atoms with Gasteiger partial charge in [0, 0.05) is 29.8 Å². The van der Waals surface area contributed by atoms with E-state index in [1.165, 1.54) is 5.56 Å². The summed E-state index contributed by atoms with van der Waals surface area (Å²) < 4.78 is 5.65. The zero-order valence-corrected chi connectivity index (χ0v) is 10.7. The van der Waals surface area contributed by atoms with Crippen LogP contribution in [0.3, 0.4) is 0 Å². The van der Waals surface area contributed by atoms with Gasteiger partial charge in [-0.05, 0) is 12.3 Å². The largest absolute Gasteiger partial charge is 0.493 e. The van der Waals surface area contributed by atoms with E-state index in [0.717, 1.165) is 25.4 Å². The average molecular weight is 237 g/mol. The molecule has 16 heavy (non-hydrogen) atoms. The van der Waals surface area contributed by atoms with E-state index in [-0.39, 0.29) is 0 Å². The van der Waals surface area contributed by atoms with Gasteiger partial charge >= 0.3 is 0 Å². The van der Waals surface area contributed by atoms with Crippen molar-refractivity contribution >= 4 is 11.8 Å². The van der Waals surface area contributed by atoms with Crippen LogP contribution in [-0.2, 0) is 0 Å². The molecule has 0 spiro atoms. The summed E-state index contributed by atoms with van der Waals surface area (Å²) >= 11 is 1.90. The molecule has 1 heterocycles. The van der Waals surface area contributed by atoms with Gasteiger partial charge in [0.2, 0.25) is 0 Å². The van der Waals surface area contributed by atoms with Crippen molar-refractivity contribution in [2.45, 2.75) is 18.1 Å². The van der Waals surface area contributed by atoms with Crippen molar-refractivity contribution in [2.24, 2.45) is 0 Å². The molecule has 0 aromatic heterocycles. The molecule has 2 atom stereocenters. The fourth-order valence-corrected chi connectivity index (χ4v) is 2.23. The van der Waals surface area contributed by atoms with Crippen molar-refractivity contribution in [1.82, 2.24) is 5.32 Å². The van der Waals surface area contributed by atoms with Gasteiger partial charge in [-0.1, -0.05) is 25.1 Å². The van der Waals surface area contributed by atoms with Crippen LogP contribution in [0.4, 0.5) is 0 Å². The predicted molar refractivity (Wildman–Crippen MR) is 70.5 cm³/mol. The smallest absolute Gasteiger partial charge is 0.122 e. The number of fused-ring (bicyclic) bond motifs is 1. The van der Waals surface area contributed by atoms with Crippen molar-refractivity contribution < 1.29 is 4.74 Å². The average Bonchev–Trinajstić information content (AvgIpc) is 2.73. The second kappa shape index (κ2) is 5.60. The lowest BCUT2D eigenvalue weighted by atomic mass is 10.0. The summed E-state index contributed by atoms with van der Waals surface area (Å²) in [6.45, 7) is 5.15. The fraction of sp³-hybridized carbons (Fsp3) is 0.538. The molecule has 0 aliphatic carbocycles. The van der Waals surface area contributed by atoms with Gasteiger partial charge in [-0.3, -0.25) is 0 Å². The van der Waals surface area contributed by atoms with E-state index in [1.54, 1.807) is 0 Å². The highest BCUT2D eigenvalue weighted by atomic mass is 32.2. The van der Waals surface area contributed by atoms with Gasteiger partial charge in [-0.2, -0.15) is 11.8 Å². The van der Waals surface area contributed by atoms with Gasteiger partial charge < -0.3 is 10.1 Å². The lowest BCUT2D eigenvalue weighted by molar-refractivity contribution is 0.327. The van der Waals surface area contributed by atoms with Crippen LogP contribution in [0.15, 0.2) is 24.3 Å². The fourth-order valence-electron chi connectivity index (χ4n) is 1.94. The molecule has 1 aromatic rings. The molecule has 1 aliphatic heterocycles. The highest BCUT2D eigenvalue weighted by Crippen LogP contribution is 2.32. The van der Waals surface area contributed by atoms with Crippen LogP contribution in [-0.4, -0.2) is 31.2 Å². The van der Waals surface area contributed by atoms with Crippen molar-refractivity contribution in [2.75, 3.05) is 26.0 Å². The minimum Gasteiger partial charge on any atom is -0.493 e. The SMILES string of the molecule is CSC(C)CNCC1COc2ccccc21. The van der Waals surface area contributed by atoms with E-state index in [1.807, 2.05) is 17.8 Å². The van der Waals surface area contributed by atoms with E-state index in [0.29, 0.717) is 11.2 Å². The molecule has 0 bridgehead atoms. The van der Waals surface area contributed by atoms with Gasteiger partial charge in [-0.15, -0.1) is 0 Å². The van der Waals surface area contributed by atoms with Crippen molar-refractivity contribution in [3.05, 3.63) is 29.8 Å². The molecule has 0 amide bonds. The highest BCUT2D eigenvalue weighted by Gasteiger charge is 2.22.